The van der Waals surface area contributed by atoms with Gasteiger partial charge in [0.1, 0.15) is 15.9 Å². The molecule has 9 nitrogen and oxygen atoms in total. The minimum absolute atomic E-state index is 0.533. The van der Waals surface area contributed by atoms with E-state index in [4.69, 9.17) is 10.4 Å². The molecule has 0 rings (SSSR count). The number of nitrogens with one attached hydrogen (secondary N) is 1. The van der Waals surface area contributed by atoms with Gasteiger partial charge in [-0.1, -0.05) is 0 Å². The average molecular weight is 303 g/mol. The molecule has 0 aliphatic rings. The molecule has 10 heteroatoms. The molecular weight excluding hydrogens is 290 g/mol. The van der Waals surface area contributed by atoms with Crippen LogP contribution in [0.1, 0.15) is 0 Å². The van der Waals surface area contributed by atoms with Crippen LogP contribution in [0.2, 0.25) is 0 Å². The SMILES string of the molecule is CN(C#N)C(=O)C(CS(C)(=O)=O)NC(=O)C=CC(=O)O. The van der Waals surface area contributed by atoms with Crippen LogP contribution < -0.4 is 5.32 Å². The molecule has 0 saturated carbocycles. The summed E-state index contributed by atoms with van der Waals surface area (Å²) >= 11 is 0. The zero-order valence-electron chi connectivity index (χ0n) is 10.7. The van der Waals surface area contributed by atoms with Crippen molar-refractivity contribution < 1.29 is 27.9 Å². The smallest absolute Gasteiger partial charge is 0.328 e. The second-order valence-corrected chi connectivity index (χ2v) is 6.01. The first-order chi connectivity index (χ1) is 9.06. The number of nitrogens with zero attached hydrogens (tertiary/aromatic N) is 2. The topological polar surface area (TPSA) is 145 Å². The van der Waals surface area contributed by atoms with E-state index < -0.39 is 39.4 Å². The lowest BCUT2D eigenvalue weighted by Gasteiger charge is -2.18. The molecule has 0 aromatic heterocycles. The summed E-state index contributed by atoms with van der Waals surface area (Å²) in [4.78, 5) is 33.9. The number of carboxylic acids is 1. The van der Waals surface area contributed by atoms with E-state index in [9.17, 15) is 22.8 Å². The highest BCUT2D eigenvalue weighted by atomic mass is 32.2. The Hall–Kier alpha value is -2.41. The van der Waals surface area contributed by atoms with Crippen LogP contribution in [0.15, 0.2) is 12.2 Å². The first-order valence-corrected chi connectivity index (χ1v) is 7.19. The van der Waals surface area contributed by atoms with Crippen LogP contribution in [0.25, 0.3) is 0 Å². The van der Waals surface area contributed by atoms with Gasteiger partial charge >= 0.3 is 5.97 Å². The van der Waals surface area contributed by atoms with E-state index in [1.807, 2.05) is 5.32 Å². The van der Waals surface area contributed by atoms with E-state index in [0.717, 1.165) is 13.3 Å². The van der Waals surface area contributed by atoms with Crippen molar-refractivity contribution in [2.75, 3.05) is 19.1 Å². The third kappa shape index (κ3) is 7.12. The third-order valence-electron chi connectivity index (χ3n) is 1.94. The molecule has 0 aromatic rings. The minimum atomic E-state index is -3.60. The number of rotatable bonds is 6. The van der Waals surface area contributed by atoms with Crippen LogP contribution in [0.4, 0.5) is 0 Å². The molecule has 20 heavy (non-hydrogen) atoms. The second-order valence-electron chi connectivity index (χ2n) is 3.82. The summed E-state index contributed by atoms with van der Waals surface area (Å²) in [6.45, 7) is 0. The van der Waals surface area contributed by atoms with Crippen LogP contribution in [0.3, 0.4) is 0 Å². The fourth-order valence-corrected chi connectivity index (χ4v) is 1.96. The monoisotopic (exact) mass is 303 g/mol. The fourth-order valence-electron chi connectivity index (χ4n) is 1.13. The average Bonchev–Trinajstić information content (AvgIpc) is 2.32. The number of carbonyl (C=O) groups is 3. The molecule has 2 amide bonds. The van der Waals surface area contributed by atoms with Gasteiger partial charge in [0.25, 0.3) is 5.91 Å². The lowest BCUT2D eigenvalue weighted by atomic mass is 10.3. The number of hydrogen-bond donors (Lipinski definition) is 2. The summed E-state index contributed by atoms with van der Waals surface area (Å²) in [6.07, 6.45) is 3.51. The molecular formula is C10H13N3O6S. The fraction of sp³-hybridized carbons (Fsp3) is 0.400. The molecule has 0 aliphatic heterocycles. The summed E-state index contributed by atoms with van der Waals surface area (Å²) < 4.78 is 22.4. The van der Waals surface area contributed by atoms with Crippen LogP contribution in [-0.2, 0) is 24.2 Å². The van der Waals surface area contributed by atoms with E-state index in [1.165, 1.54) is 6.19 Å². The number of nitriles is 1. The van der Waals surface area contributed by atoms with Gasteiger partial charge in [-0.2, -0.15) is 5.26 Å². The molecule has 2 N–H and O–H groups in total. The first-order valence-electron chi connectivity index (χ1n) is 5.13. The van der Waals surface area contributed by atoms with E-state index in [-0.39, 0.29) is 0 Å². The lowest BCUT2D eigenvalue weighted by Crippen LogP contribution is -2.49. The number of aliphatic carboxylic acids is 1. The van der Waals surface area contributed by atoms with Gasteiger partial charge in [-0.25, -0.2) is 13.2 Å². The van der Waals surface area contributed by atoms with E-state index in [2.05, 4.69) is 0 Å². The van der Waals surface area contributed by atoms with Crippen LogP contribution in [0, 0.1) is 11.5 Å². The molecule has 0 spiro atoms. The molecule has 1 atom stereocenters. The van der Waals surface area contributed by atoms with Crippen LogP contribution in [-0.4, -0.2) is 61.3 Å². The van der Waals surface area contributed by atoms with Crippen molar-refractivity contribution >= 4 is 27.6 Å². The van der Waals surface area contributed by atoms with Gasteiger partial charge in [0.05, 0.1) is 5.75 Å². The highest BCUT2D eigenvalue weighted by molar-refractivity contribution is 7.90. The lowest BCUT2D eigenvalue weighted by molar-refractivity contribution is -0.131. The Morgan fingerprint density at radius 2 is 1.95 bits per heavy atom. The van der Waals surface area contributed by atoms with E-state index >= 15 is 0 Å². The molecule has 0 radical (unpaired) electrons. The molecule has 0 heterocycles. The highest BCUT2D eigenvalue weighted by Crippen LogP contribution is 1.97. The van der Waals surface area contributed by atoms with Crippen LogP contribution in [0.5, 0.6) is 0 Å². The summed E-state index contributed by atoms with van der Waals surface area (Å²) in [7, 11) is -2.49. The summed E-state index contributed by atoms with van der Waals surface area (Å²) in [6, 6.07) is -1.47. The Kier molecular flexibility index (Phi) is 6.37. The maximum Gasteiger partial charge on any atom is 0.328 e. The Balaban J connectivity index is 5.06. The van der Waals surface area contributed by atoms with Crippen molar-refractivity contribution in [2.45, 2.75) is 6.04 Å². The van der Waals surface area contributed by atoms with E-state index in [0.29, 0.717) is 17.1 Å². The number of amides is 2. The summed E-state index contributed by atoms with van der Waals surface area (Å²) in [5.41, 5.74) is 0. The van der Waals surface area contributed by atoms with Gasteiger partial charge in [-0.15, -0.1) is 0 Å². The normalized spacial score (nSPS) is 12.4. The molecule has 110 valence electrons. The quantitative estimate of drug-likeness (QED) is 0.331. The van der Waals surface area contributed by atoms with E-state index in [1.54, 1.807) is 0 Å². The predicted octanol–water partition coefficient (Wildman–Crippen LogP) is -1.90. The molecule has 0 aromatic carbocycles. The highest BCUT2D eigenvalue weighted by Gasteiger charge is 2.27. The van der Waals surface area contributed by atoms with Gasteiger partial charge < -0.3 is 10.4 Å². The van der Waals surface area contributed by atoms with Gasteiger partial charge in [-0.3, -0.25) is 14.5 Å². The largest absolute Gasteiger partial charge is 0.478 e. The standard InChI is InChI=1S/C10H13N3O6S/c1-13(6-11)10(17)7(5-20(2,18)19)12-8(14)3-4-9(15)16/h3-4,7H,5H2,1-2H3,(H,12,14)(H,15,16). The third-order valence-corrected chi connectivity index (χ3v) is 2.88. The van der Waals surface area contributed by atoms with Crippen molar-refractivity contribution in [3.05, 3.63) is 12.2 Å². The molecule has 0 aliphatic carbocycles. The second kappa shape index (κ2) is 7.25. The number of carboxylic acid groups (broad SMARTS) is 1. The Labute approximate surface area is 115 Å². The number of carbonyl (C=O) groups excluding carboxylic acids is 2. The molecule has 0 bridgehead atoms. The van der Waals surface area contributed by atoms with Crippen molar-refractivity contribution in [1.82, 2.24) is 10.2 Å². The predicted molar refractivity (Wildman–Crippen MR) is 66.8 cm³/mol. The number of sulfone groups is 1. The maximum atomic E-state index is 11.7. The van der Waals surface area contributed by atoms with Gasteiger partial charge in [-0.05, 0) is 0 Å². The first kappa shape index (κ1) is 17.6. The Morgan fingerprint density at radius 3 is 2.35 bits per heavy atom. The van der Waals surface area contributed by atoms with Gasteiger partial charge in [0, 0.05) is 25.5 Å². The summed E-state index contributed by atoms with van der Waals surface area (Å²) in [5.74, 6) is -3.96. The molecule has 0 fully saturated rings. The zero-order valence-corrected chi connectivity index (χ0v) is 11.5. The zero-order chi connectivity index (χ0) is 15.9. The molecule has 0 saturated heterocycles. The maximum absolute atomic E-state index is 11.7. The van der Waals surface area contributed by atoms with Crippen molar-refractivity contribution in [2.24, 2.45) is 0 Å². The van der Waals surface area contributed by atoms with Gasteiger partial charge in [0.15, 0.2) is 6.19 Å². The molecule has 1 unspecified atom stereocenters. The summed E-state index contributed by atoms with van der Waals surface area (Å²) in [5, 5.41) is 18.9. The number of hydrogen-bond acceptors (Lipinski definition) is 6. The van der Waals surface area contributed by atoms with Crippen molar-refractivity contribution in [1.29, 1.82) is 5.26 Å². The Bertz CT molecular complexity index is 574. The number of likely N-dealkylation sites (N-methyl/N-ethyl adjacent to an activating group) is 1. The van der Waals surface area contributed by atoms with Crippen molar-refractivity contribution in [3.8, 4) is 6.19 Å². The minimum Gasteiger partial charge on any atom is -0.478 e. The Morgan fingerprint density at radius 1 is 1.40 bits per heavy atom. The van der Waals surface area contributed by atoms with Crippen molar-refractivity contribution in [3.63, 3.8) is 0 Å². The van der Waals surface area contributed by atoms with Crippen LogP contribution >= 0.6 is 0 Å². The van der Waals surface area contributed by atoms with Gasteiger partial charge in [0.2, 0.25) is 5.91 Å².